The van der Waals surface area contributed by atoms with Crippen molar-refractivity contribution in [3.05, 3.63) is 65.2 Å². The first-order valence-corrected chi connectivity index (χ1v) is 7.78. The summed E-state index contributed by atoms with van der Waals surface area (Å²) in [7, 11) is 0. The zero-order valence-electron chi connectivity index (χ0n) is 13.5. The number of nitrogens with one attached hydrogen (secondary N) is 1. The monoisotopic (exact) mass is 310 g/mol. The SMILES string of the molecule is CCOc1cccc(C(C)NCC(O)c2ccc(C#N)cc2)c1. The highest BCUT2D eigenvalue weighted by Crippen LogP contribution is 2.20. The third kappa shape index (κ3) is 4.82. The van der Waals surface area contributed by atoms with Gasteiger partial charge in [0.1, 0.15) is 5.75 Å². The van der Waals surface area contributed by atoms with Gasteiger partial charge in [-0.1, -0.05) is 24.3 Å². The van der Waals surface area contributed by atoms with Crippen molar-refractivity contribution < 1.29 is 9.84 Å². The molecule has 2 rings (SSSR count). The fraction of sp³-hybridized carbons (Fsp3) is 0.316. The number of hydrogen-bond donors (Lipinski definition) is 2. The fourth-order valence-corrected chi connectivity index (χ4v) is 2.34. The summed E-state index contributed by atoms with van der Waals surface area (Å²) in [6.07, 6.45) is -0.611. The molecule has 0 saturated heterocycles. The van der Waals surface area contributed by atoms with E-state index in [1.165, 1.54) is 0 Å². The number of aliphatic hydroxyl groups excluding tert-OH is 1. The van der Waals surface area contributed by atoms with Gasteiger partial charge in [0.2, 0.25) is 0 Å². The Morgan fingerprint density at radius 3 is 2.57 bits per heavy atom. The molecule has 0 aliphatic rings. The molecule has 0 aliphatic carbocycles. The average Bonchev–Trinajstić information content (AvgIpc) is 2.60. The molecule has 4 heteroatoms. The molecule has 0 radical (unpaired) electrons. The minimum absolute atomic E-state index is 0.100. The normalized spacial score (nSPS) is 13.1. The first kappa shape index (κ1) is 17.0. The largest absolute Gasteiger partial charge is 0.494 e. The first-order chi connectivity index (χ1) is 11.1. The van der Waals surface area contributed by atoms with E-state index in [4.69, 9.17) is 10.00 Å². The predicted octanol–water partition coefficient (Wildman–Crippen LogP) is 3.34. The highest BCUT2D eigenvalue weighted by Gasteiger charge is 2.11. The molecule has 0 amide bonds. The summed E-state index contributed by atoms with van der Waals surface area (Å²) in [5.41, 5.74) is 2.50. The molecule has 2 N–H and O–H groups in total. The predicted molar refractivity (Wildman–Crippen MR) is 90.1 cm³/mol. The Bertz CT molecular complexity index is 662. The van der Waals surface area contributed by atoms with Gasteiger partial charge < -0.3 is 15.2 Å². The topological polar surface area (TPSA) is 65.3 Å². The second kappa shape index (κ2) is 8.33. The van der Waals surface area contributed by atoms with E-state index in [2.05, 4.69) is 18.3 Å². The maximum atomic E-state index is 10.2. The Labute approximate surface area is 137 Å². The van der Waals surface area contributed by atoms with Gasteiger partial charge in [0.15, 0.2) is 0 Å². The van der Waals surface area contributed by atoms with E-state index in [-0.39, 0.29) is 6.04 Å². The lowest BCUT2D eigenvalue weighted by Crippen LogP contribution is -2.24. The molecule has 2 aromatic carbocycles. The molecule has 4 nitrogen and oxygen atoms in total. The Kier molecular flexibility index (Phi) is 6.16. The van der Waals surface area contributed by atoms with Gasteiger partial charge >= 0.3 is 0 Å². The van der Waals surface area contributed by atoms with Crippen LogP contribution in [0.3, 0.4) is 0 Å². The minimum atomic E-state index is -0.611. The molecule has 2 unspecified atom stereocenters. The minimum Gasteiger partial charge on any atom is -0.494 e. The van der Waals surface area contributed by atoms with Crippen LogP contribution in [0.15, 0.2) is 48.5 Å². The molecule has 0 bridgehead atoms. The van der Waals surface area contributed by atoms with E-state index in [9.17, 15) is 5.11 Å². The third-order valence-electron chi connectivity index (χ3n) is 3.71. The van der Waals surface area contributed by atoms with Gasteiger partial charge in [-0.05, 0) is 49.2 Å². The number of nitriles is 1. The van der Waals surface area contributed by atoms with E-state index in [0.717, 1.165) is 16.9 Å². The Balaban J connectivity index is 1.93. The molecule has 0 aliphatic heterocycles. The van der Waals surface area contributed by atoms with Crippen LogP contribution in [0.5, 0.6) is 5.75 Å². The summed E-state index contributed by atoms with van der Waals surface area (Å²) in [5.74, 6) is 0.853. The number of nitrogens with zero attached hydrogens (tertiary/aromatic N) is 1. The summed E-state index contributed by atoms with van der Waals surface area (Å²) in [6.45, 7) is 5.09. The molecule has 0 spiro atoms. The third-order valence-corrected chi connectivity index (χ3v) is 3.71. The van der Waals surface area contributed by atoms with E-state index in [1.54, 1.807) is 24.3 Å². The maximum absolute atomic E-state index is 10.2. The summed E-state index contributed by atoms with van der Waals surface area (Å²) >= 11 is 0. The van der Waals surface area contributed by atoms with E-state index >= 15 is 0 Å². The maximum Gasteiger partial charge on any atom is 0.119 e. The standard InChI is InChI=1S/C19H22N2O2/c1-3-23-18-6-4-5-17(11-18)14(2)21-13-19(22)16-9-7-15(12-20)8-10-16/h4-11,14,19,21-22H,3,13H2,1-2H3. The number of rotatable bonds is 7. The molecular formula is C19H22N2O2. The van der Waals surface area contributed by atoms with Gasteiger partial charge in [-0.25, -0.2) is 0 Å². The van der Waals surface area contributed by atoms with Crippen molar-refractivity contribution in [3.8, 4) is 11.8 Å². The van der Waals surface area contributed by atoms with Crippen LogP contribution in [0.25, 0.3) is 0 Å². The lowest BCUT2D eigenvalue weighted by Gasteiger charge is -2.18. The highest BCUT2D eigenvalue weighted by molar-refractivity contribution is 5.33. The van der Waals surface area contributed by atoms with E-state index < -0.39 is 6.10 Å². The van der Waals surface area contributed by atoms with Gasteiger partial charge in [0.25, 0.3) is 0 Å². The number of benzene rings is 2. The lowest BCUT2D eigenvalue weighted by molar-refractivity contribution is 0.171. The van der Waals surface area contributed by atoms with Crippen molar-refractivity contribution in [2.24, 2.45) is 0 Å². The van der Waals surface area contributed by atoms with E-state index in [1.807, 2.05) is 31.2 Å². The van der Waals surface area contributed by atoms with Crippen LogP contribution in [0.2, 0.25) is 0 Å². The number of hydrogen-bond acceptors (Lipinski definition) is 4. The van der Waals surface area contributed by atoms with Gasteiger partial charge in [-0.3, -0.25) is 0 Å². The second-order valence-corrected chi connectivity index (χ2v) is 5.39. The number of ether oxygens (including phenoxy) is 1. The zero-order valence-corrected chi connectivity index (χ0v) is 13.5. The highest BCUT2D eigenvalue weighted by atomic mass is 16.5. The van der Waals surface area contributed by atoms with E-state index in [0.29, 0.717) is 18.7 Å². The first-order valence-electron chi connectivity index (χ1n) is 7.78. The molecule has 23 heavy (non-hydrogen) atoms. The summed E-state index contributed by atoms with van der Waals surface area (Å²) in [5, 5.41) is 22.4. The molecule has 0 fully saturated rings. The lowest BCUT2D eigenvalue weighted by atomic mass is 10.1. The number of aliphatic hydroxyl groups is 1. The molecule has 2 atom stereocenters. The summed E-state index contributed by atoms with van der Waals surface area (Å²) in [4.78, 5) is 0. The van der Waals surface area contributed by atoms with Gasteiger partial charge in [0, 0.05) is 12.6 Å². The van der Waals surface area contributed by atoms with Crippen molar-refractivity contribution >= 4 is 0 Å². The molecule has 0 aromatic heterocycles. The van der Waals surface area contributed by atoms with Crippen LogP contribution >= 0.6 is 0 Å². The van der Waals surface area contributed by atoms with Crippen LogP contribution < -0.4 is 10.1 Å². The summed E-state index contributed by atoms with van der Waals surface area (Å²) < 4.78 is 5.51. The average molecular weight is 310 g/mol. The van der Waals surface area contributed by atoms with Crippen molar-refractivity contribution in [1.82, 2.24) is 5.32 Å². The molecule has 120 valence electrons. The van der Waals surface area contributed by atoms with Crippen LogP contribution in [-0.4, -0.2) is 18.3 Å². The molecule has 0 heterocycles. The van der Waals surface area contributed by atoms with Crippen molar-refractivity contribution in [2.75, 3.05) is 13.2 Å². The molecule has 0 saturated carbocycles. The molecular weight excluding hydrogens is 288 g/mol. The van der Waals surface area contributed by atoms with Gasteiger partial charge in [-0.2, -0.15) is 5.26 Å². The van der Waals surface area contributed by atoms with Crippen LogP contribution in [0.4, 0.5) is 0 Å². The fourth-order valence-electron chi connectivity index (χ4n) is 2.34. The van der Waals surface area contributed by atoms with Crippen molar-refractivity contribution in [3.63, 3.8) is 0 Å². The van der Waals surface area contributed by atoms with Crippen LogP contribution in [-0.2, 0) is 0 Å². The van der Waals surface area contributed by atoms with Crippen LogP contribution in [0.1, 0.15) is 42.7 Å². The second-order valence-electron chi connectivity index (χ2n) is 5.39. The van der Waals surface area contributed by atoms with Crippen LogP contribution in [0, 0.1) is 11.3 Å². The smallest absolute Gasteiger partial charge is 0.119 e. The Hall–Kier alpha value is -2.35. The zero-order chi connectivity index (χ0) is 16.7. The van der Waals surface area contributed by atoms with Crippen molar-refractivity contribution in [1.29, 1.82) is 5.26 Å². The molecule has 2 aromatic rings. The van der Waals surface area contributed by atoms with Crippen molar-refractivity contribution in [2.45, 2.75) is 26.0 Å². The Morgan fingerprint density at radius 1 is 1.17 bits per heavy atom. The summed E-state index contributed by atoms with van der Waals surface area (Å²) in [6, 6.07) is 17.1. The Morgan fingerprint density at radius 2 is 1.91 bits per heavy atom. The van der Waals surface area contributed by atoms with Gasteiger partial charge in [-0.15, -0.1) is 0 Å². The quantitative estimate of drug-likeness (QED) is 0.823. The van der Waals surface area contributed by atoms with Gasteiger partial charge in [0.05, 0.1) is 24.3 Å².